The molecule has 0 amide bonds. The highest BCUT2D eigenvalue weighted by atomic mass is 19.1. The fraction of sp³-hybridized carbons (Fsp3) is 0.136. The Hall–Kier alpha value is -3.18. The number of rotatable bonds is 3. The van der Waals surface area contributed by atoms with E-state index in [0.29, 0.717) is 11.1 Å². The number of hydrogen-bond acceptors (Lipinski definition) is 3. The Morgan fingerprint density at radius 2 is 1.96 bits per heavy atom. The van der Waals surface area contributed by atoms with E-state index in [1.807, 2.05) is 47.1 Å². The second kappa shape index (κ2) is 6.21. The first-order valence-electron chi connectivity index (χ1n) is 8.86. The molecule has 0 unspecified atom stereocenters. The molecular weight excluding hydrogens is 343 g/mol. The number of aliphatic hydroxyl groups is 1. The summed E-state index contributed by atoms with van der Waals surface area (Å²) < 4.78 is 21.5. The van der Waals surface area contributed by atoms with Gasteiger partial charge in [0, 0.05) is 29.9 Å². The Kier molecular flexibility index (Phi) is 3.69. The molecule has 0 aliphatic carbocycles. The lowest BCUT2D eigenvalue weighted by Crippen LogP contribution is -1.95. The average molecular weight is 360 g/mol. The first-order chi connectivity index (χ1) is 13.2. The van der Waals surface area contributed by atoms with E-state index in [2.05, 4.69) is 6.07 Å². The summed E-state index contributed by atoms with van der Waals surface area (Å²) >= 11 is 0. The molecule has 0 fully saturated rings. The molecule has 0 spiro atoms. The van der Waals surface area contributed by atoms with Gasteiger partial charge in [-0.2, -0.15) is 0 Å². The van der Waals surface area contributed by atoms with Crippen molar-refractivity contribution >= 4 is 5.65 Å². The van der Waals surface area contributed by atoms with Crippen LogP contribution in [-0.2, 0) is 13.0 Å². The van der Waals surface area contributed by atoms with E-state index in [1.54, 1.807) is 6.07 Å². The summed E-state index contributed by atoms with van der Waals surface area (Å²) in [6.07, 6.45) is 4.80. The predicted octanol–water partition coefficient (Wildman–Crippen LogP) is 4.23. The van der Waals surface area contributed by atoms with Crippen molar-refractivity contribution in [1.29, 1.82) is 0 Å². The number of fused-ring (bicyclic) bond motifs is 2. The van der Waals surface area contributed by atoms with Crippen molar-refractivity contribution in [3.63, 3.8) is 0 Å². The van der Waals surface area contributed by atoms with Gasteiger partial charge < -0.3 is 14.2 Å². The second-order valence-corrected chi connectivity index (χ2v) is 6.65. The monoisotopic (exact) mass is 360 g/mol. The first-order valence-corrected chi connectivity index (χ1v) is 8.86. The van der Waals surface area contributed by atoms with Crippen molar-refractivity contribution in [3.8, 4) is 28.1 Å². The number of nitrogens with zero attached hydrogens (tertiary/aromatic N) is 2. The molecule has 27 heavy (non-hydrogen) atoms. The maximum Gasteiger partial charge on any atom is 0.137 e. The predicted molar refractivity (Wildman–Crippen MR) is 101 cm³/mol. The quantitative estimate of drug-likeness (QED) is 0.595. The molecule has 0 saturated carbocycles. The molecule has 5 rings (SSSR count). The zero-order chi connectivity index (χ0) is 18.4. The van der Waals surface area contributed by atoms with E-state index in [-0.39, 0.29) is 6.61 Å². The van der Waals surface area contributed by atoms with Gasteiger partial charge in [-0.15, -0.1) is 0 Å². The van der Waals surface area contributed by atoms with Crippen LogP contribution in [0.4, 0.5) is 4.39 Å². The molecule has 0 bridgehead atoms. The number of benzene rings is 2. The van der Waals surface area contributed by atoms with Crippen LogP contribution >= 0.6 is 0 Å². The summed E-state index contributed by atoms with van der Waals surface area (Å²) in [5, 5.41) is 9.53. The lowest BCUT2D eigenvalue weighted by Gasteiger charge is -2.09. The van der Waals surface area contributed by atoms with Gasteiger partial charge in [-0.3, -0.25) is 0 Å². The lowest BCUT2D eigenvalue weighted by molar-refractivity contribution is 0.276. The van der Waals surface area contributed by atoms with E-state index < -0.39 is 5.82 Å². The summed E-state index contributed by atoms with van der Waals surface area (Å²) in [6.45, 7) is 0.389. The van der Waals surface area contributed by atoms with Crippen LogP contribution in [0.3, 0.4) is 0 Å². The SMILES string of the molecule is OCc1c(F)cccc1-c1ccc2nc(-c3ccc4c(c3)CCO4)cn2c1. The smallest absolute Gasteiger partial charge is 0.137 e. The summed E-state index contributed by atoms with van der Waals surface area (Å²) in [5.74, 6) is 0.550. The third kappa shape index (κ3) is 2.67. The Labute approximate surface area is 155 Å². The van der Waals surface area contributed by atoms with Crippen molar-refractivity contribution in [2.24, 2.45) is 0 Å². The van der Waals surface area contributed by atoms with Crippen LogP contribution < -0.4 is 4.74 Å². The topological polar surface area (TPSA) is 46.8 Å². The number of aromatic nitrogens is 2. The zero-order valence-electron chi connectivity index (χ0n) is 14.5. The van der Waals surface area contributed by atoms with E-state index >= 15 is 0 Å². The normalized spacial score (nSPS) is 13.0. The molecule has 0 radical (unpaired) electrons. The third-order valence-corrected chi connectivity index (χ3v) is 5.02. The minimum Gasteiger partial charge on any atom is -0.493 e. The van der Waals surface area contributed by atoms with Gasteiger partial charge in [0.05, 0.1) is 18.9 Å². The van der Waals surface area contributed by atoms with Gasteiger partial charge in [0.2, 0.25) is 0 Å². The third-order valence-electron chi connectivity index (χ3n) is 5.02. The van der Waals surface area contributed by atoms with Crippen LogP contribution in [0, 0.1) is 5.82 Å². The lowest BCUT2D eigenvalue weighted by atomic mass is 10.0. The minimum absolute atomic E-state index is 0.302. The second-order valence-electron chi connectivity index (χ2n) is 6.65. The zero-order valence-corrected chi connectivity index (χ0v) is 14.5. The summed E-state index contributed by atoms with van der Waals surface area (Å²) in [7, 11) is 0. The van der Waals surface area contributed by atoms with Gasteiger partial charge >= 0.3 is 0 Å². The maximum atomic E-state index is 14.0. The van der Waals surface area contributed by atoms with E-state index in [4.69, 9.17) is 9.72 Å². The first kappa shape index (κ1) is 16.0. The molecule has 2 aromatic heterocycles. The van der Waals surface area contributed by atoms with Crippen molar-refractivity contribution in [3.05, 3.63) is 77.9 Å². The molecule has 5 heteroatoms. The standard InChI is InChI=1S/C22H17FN2O2/c23-19-3-1-2-17(18(19)13-26)16-5-7-22-24-20(12-25(22)11-16)14-4-6-21-15(10-14)8-9-27-21/h1-7,10-12,26H,8-9,13H2. The number of aliphatic hydroxyl groups excluding tert-OH is 1. The van der Waals surface area contributed by atoms with Crippen molar-refractivity contribution < 1.29 is 14.2 Å². The van der Waals surface area contributed by atoms with Gasteiger partial charge in [-0.25, -0.2) is 9.37 Å². The molecule has 2 aromatic carbocycles. The largest absolute Gasteiger partial charge is 0.493 e. The van der Waals surface area contributed by atoms with Gasteiger partial charge in [0.15, 0.2) is 0 Å². The van der Waals surface area contributed by atoms with E-state index in [9.17, 15) is 9.50 Å². The highest BCUT2D eigenvalue weighted by Gasteiger charge is 2.15. The Morgan fingerprint density at radius 1 is 1.07 bits per heavy atom. The van der Waals surface area contributed by atoms with Crippen molar-refractivity contribution in [2.75, 3.05) is 6.61 Å². The van der Waals surface area contributed by atoms with Crippen LogP contribution in [0.25, 0.3) is 28.0 Å². The average Bonchev–Trinajstić information content (AvgIpc) is 3.33. The van der Waals surface area contributed by atoms with Gasteiger partial charge in [-0.1, -0.05) is 12.1 Å². The number of pyridine rings is 1. The van der Waals surface area contributed by atoms with Crippen LogP contribution in [-0.4, -0.2) is 21.1 Å². The van der Waals surface area contributed by atoms with Crippen molar-refractivity contribution in [1.82, 2.24) is 9.38 Å². The van der Waals surface area contributed by atoms with E-state index in [0.717, 1.165) is 41.2 Å². The molecule has 134 valence electrons. The fourth-order valence-corrected chi connectivity index (χ4v) is 3.63. The highest BCUT2D eigenvalue weighted by molar-refractivity contribution is 5.70. The highest BCUT2D eigenvalue weighted by Crippen LogP contribution is 2.31. The van der Waals surface area contributed by atoms with Crippen LogP contribution in [0.2, 0.25) is 0 Å². The summed E-state index contributed by atoms with van der Waals surface area (Å²) in [6, 6.07) is 14.8. The van der Waals surface area contributed by atoms with Gasteiger partial charge in [-0.05, 0) is 53.1 Å². The molecule has 1 aliphatic rings. The van der Waals surface area contributed by atoms with Crippen LogP contribution in [0.1, 0.15) is 11.1 Å². The molecule has 0 atom stereocenters. The van der Waals surface area contributed by atoms with Crippen LogP contribution in [0.15, 0.2) is 60.9 Å². The Balaban J connectivity index is 1.59. The minimum atomic E-state index is -0.401. The Morgan fingerprint density at radius 3 is 2.85 bits per heavy atom. The molecule has 4 aromatic rings. The number of imidazole rings is 1. The number of ether oxygens (including phenoxy) is 1. The molecular formula is C22H17FN2O2. The molecule has 0 saturated heterocycles. The molecule has 3 heterocycles. The Bertz CT molecular complexity index is 1170. The molecule has 1 aliphatic heterocycles. The summed E-state index contributed by atoms with van der Waals surface area (Å²) in [5.41, 5.74) is 5.76. The maximum absolute atomic E-state index is 14.0. The van der Waals surface area contributed by atoms with Gasteiger partial charge in [0.1, 0.15) is 17.2 Å². The molecule has 4 nitrogen and oxygen atoms in total. The van der Waals surface area contributed by atoms with E-state index in [1.165, 1.54) is 11.6 Å². The fourth-order valence-electron chi connectivity index (χ4n) is 3.63. The van der Waals surface area contributed by atoms with Crippen LogP contribution in [0.5, 0.6) is 5.75 Å². The van der Waals surface area contributed by atoms with Crippen molar-refractivity contribution in [2.45, 2.75) is 13.0 Å². The number of hydrogen-bond donors (Lipinski definition) is 1. The molecule has 1 N–H and O–H groups in total. The summed E-state index contributed by atoms with van der Waals surface area (Å²) in [4.78, 5) is 4.70. The number of halogens is 1. The van der Waals surface area contributed by atoms with Gasteiger partial charge in [0.25, 0.3) is 0 Å².